The number of nitrogens with zero attached hydrogens (tertiary/aromatic N) is 2. The number of hydrogen-bond donors (Lipinski definition) is 0. The van der Waals surface area contributed by atoms with Gasteiger partial charge in [0.1, 0.15) is 0 Å². The number of morpholine rings is 1. The van der Waals surface area contributed by atoms with Crippen molar-refractivity contribution in [3.8, 4) is 0 Å². The van der Waals surface area contributed by atoms with Crippen LogP contribution in [0.15, 0.2) is 0 Å². The van der Waals surface area contributed by atoms with Crippen LogP contribution in [-0.2, 0) is 9.53 Å². The molecule has 2 unspecified atom stereocenters. The van der Waals surface area contributed by atoms with E-state index in [2.05, 4.69) is 11.8 Å². The van der Waals surface area contributed by atoms with Gasteiger partial charge in [0.05, 0.1) is 19.3 Å². The van der Waals surface area contributed by atoms with E-state index >= 15 is 0 Å². The quantitative estimate of drug-likeness (QED) is 0.622. The van der Waals surface area contributed by atoms with Gasteiger partial charge >= 0.3 is 0 Å². The minimum Gasteiger partial charge on any atom is -0.378 e. The third kappa shape index (κ3) is 2.32. The van der Waals surface area contributed by atoms with E-state index in [4.69, 9.17) is 4.74 Å². The predicted octanol–water partition coefficient (Wildman–Crippen LogP) is 0.185. The molecule has 2 fully saturated rings. The lowest BCUT2D eigenvalue weighted by atomic mass is 10.1. The van der Waals surface area contributed by atoms with Crippen molar-refractivity contribution in [2.75, 3.05) is 39.9 Å². The molecule has 2 aliphatic heterocycles. The Hall–Kier alpha value is -0.610. The molecule has 4 heteroatoms. The molecule has 15 heavy (non-hydrogen) atoms. The first-order valence-corrected chi connectivity index (χ1v) is 5.75. The van der Waals surface area contributed by atoms with Crippen molar-refractivity contribution < 1.29 is 9.53 Å². The summed E-state index contributed by atoms with van der Waals surface area (Å²) in [6.07, 6.45) is 1.01. The van der Waals surface area contributed by atoms with Gasteiger partial charge in [-0.1, -0.05) is 6.92 Å². The van der Waals surface area contributed by atoms with E-state index in [-0.39, 0.29) is 6.04 Å². The number of carbonyl (C=O) groups is 1. The Morgan fingerprint density at radius 3 is 2.53 bits per heavy atom. The molecule has 0 radical (unpaired) electrons. The number of carbonyl (C=O) groups excluding carboxylic acids is 1. The van der Waals surface area contributed by atoms with Crippen molar-refractivity contribution in [3.05, 3.63) is 0 Å². The van der Waals surface area contributed by atoms with Gasteiger partial charge in [-0.25, -0.2) is 0 Å². The van der Waals surface area contributed by atoms with E-state index in [9.17, 15) is 4.79 Å². The van der Waals surface area contributed by atoms with Crippen molar-refractivity contribution in [1.82, 2.24) is 9.80 Å². The van der Waals surface area contributed by atoms with Gasteiger partial charge < -0.3 is 9.64 Å². The summed E-state index contributed by atoms with van der Waals surface area (Å²) in [5.74, 6) is 0.940. The minimum atomic E-state index is 0.109. The summed E-state index contributed by atoms with van der Waals surface area (Å²) in [5, 5.41) is 0. The van der Waals surface area contributed by atoms with Gasteiger partial charge in [0.2, 0.25) is 5.91 Å². The highest BCUT2D eigenvalue weighted by atomic mass is 16.5. The number of hydrogen-bond acceptors (Lipinski definition) is 3. The molecule has 86 valence electrons. The van der Waals surface area contributed by atoms with Crippen LogP contribution in [0.2, 0.25) is 0 Å². The summed E-state index contributed by atoms with van der Waals surface area (Å²) in [7, 11) is 2.05. The molecule has 2 saturated heterocycles. The highest BCUT2D eigenvalue weighted by molar-refractivity contribution is 5.82. The Morgan fingerprint density at radius 1 is 1.33 bits per heavy atom. The topological polar surface area (TPSA) is 32.8 Å². The number of likely N-dealkylation sites (N-methyl/N-ethyl adjacent to an activating group) is 1. The van der Waals surface area contributed by atoms with E-state index in [0.29, 0.717) is 25.0 Å². The Labute approximate surface area is 91.2 Å². The molecule has 0 aliphatic carbocycles. The second-order valence-electron chi connectivity index (χ2n) is 4.73. The van der Waals surface area contributed by atoms with Gasteiger partial charge in [-0.15, -0.1) is 0 Å². The summed E-state index contributed by atoms with van der Waals surface area (Å²) in [5.41, 5.74) is 0. The first-order valence-electron chi connectivity index (χ1n) is 5.75. The molecule has 0 aromatic heterocycles. The highest BCUT2D eigenvalue weighted by Gasteiger charge is 2.35. The molecule has 0 saturated carbocycles. The average molecular weight is 212 g/mol. The third-order valence-electron chi connectivity index (χ3n) is 3.37. The molecule has 2 aliphatic rings. The van der Waals surface area contributed by atoms with Crippen molar-refractivity contribution in [1.29, 1.82) is 0 Å². The van der Waals surface area contributed by atoms with Crippen molar-refractivity contribution in [3.63, 3.8) is 0 Å². The van der Waals surface area contributed by atoms with Crippen LogP contribution in [0.5, 0.6) is 0 Å². The van der Waals surface area contributed by atoms with Gasteiger partial charge in [-0.2, -0.15) is 0 Å². The largest absolute Gasteiger partial charge is 0.378 e. The fourth-order valence-corrected chi connectivity index (χ4v) is 2.54. The van der Waals surface area contributed by atoms with Crippen molar-refractivity contribution >= 4 is 5.91 Å². The molecule has 2 rings (SSSR count). The summed E-state index contributed by atoms with van der Waals surface area (Å²) in [6.45, 7) is 6.16. The number of likely N-dealkylation sites (tertiary alicyclic amines) is 1. The van der Waals surface area contributed by atoms with Crippen LogP contribution in [0.4, 0.5) is 0 Å². The average Bonchev–Trinajstić information content (AvgIpc) is 2.58. The van der Waals surface area contributed by atoms with Crippen LogP contribution in [0.1, 0.15) is 13.3 Å². The third-order valence-corrected chi connectivity index (χ3v) is 3.37. The molecule has 0 aromatic rings. The maximum atomic E-state index is 12.2. The first-order chi connectivity index (χ1) is 7.18. The van der Waals surface area contributed by atoms with Gasteiger partial charge in [0, 0.05) is 19.6 Å². The minimum absolute atomic E-state index is 0.109. The molecular weight excluding hydrogens is 192 g/mol. The van der Waals surface area contributed by atoms with Crippen molar-refractivity contribution in [2.24, 2.45) is 5.92 Å². The van der Waals surface area contributed by atoms with Crippen LogP contribution >= 0.6 is 0 Å². The molecular formula is C11H20N2O2. The van der Waals surface area contributed by atoms with Crippen LogP contribution in [0.25, 0.3) is 0 Å². The number of rotatable bonds is 1. The Morgan fingerprint density at radius 2 is 2.00 bits per heavy atom. The maximum absolute atomic E-state index is 12.2. The Balaban J connectivity index is 1.94. The van der Waals surface area contributed by atoms with Crippen LogP contribution in [-0.4, -0.2) is 61.6 Å². The molecule has 0 bridgehead atoms. The highest BCUT2D eigenvalue weighted by Crippen LogP contribution is 2.22. The van der Waals surface area contributed by atoms with E-state index in [1.54, 1.807) is 0 Å². The predicted molar refractivity (Wildman–Crippen MR) is 57.6 cm³/mol. The van der Waals surface area contributed by atoms with Crippen LogP contribution < -0.4 is 0 Å². The molecule has 0 aromatic carbocycles. The monoisotopic (exact) mass is 212 g/mol. The zero-order chi connectivity index (χ0) is 10.8. The fraction of sp³-hybridized carbons (Fsp3) is 0.909. The van der Waals surface area contributed by atoms with Gasteiger partial charge in [-0.3, -0.25) is 9.69 Å². The second-order valence-corrected chi connectivity index (χ2v) is 4.73. The Kier molecular flexibility index (Phi) is 3.26. The Bertz CT molecular complexity index is 239. The van der Waals surface area contributed by atoms with Gasteiger partial charge in [-0.05, 0) is 19.4 Å². The zero-order valence-electron chi connectivity index (χ0n) is 9.61. The second kappa shape index (κ2) is 4.49. The van der Waals surface area contributed by atoms with Crippen LogP contribution in [0.3, 0.4) is 0 Å². The summed E-state index contributed by atoms with van der Waals surface area (Å²) in [6, 6.07) is 0.109. The van der Waals surface area contributed by atoms with E-state index in [1.807, 2.05) is 11.9 Å². The molecule has 0 N–H and O–H groups in total. The fourth-order valence-electron chi connectivity index (χ4n) is 2.54. The lowest BCUT2D eigenvalue weighted by Gasteiger charge is -2.31. The number of amides is 1. The molecule has 2 heterocycles. The number of ether oxygens (including phenoxy) is 1. The molecule has 0 spiro atoms. The standard InChI is InChI=1S/C11H20N2O2/c1-9-7-10(12(2)8-9)11(14)13-3-5-15-6-4-13/h9-10H,3-8H2,1-2H3. The van der Waals surface area contributed by atoms with Crippen LogP contribution in [0, 0.1) is 5.92 Å². The van der Waals surface area contributed by atoms with E-state index in [1.165, 1.54) is 0 Å². The lowest BCUT2D eigenvalue weighted by Crippen LogP contribution is -2.48. The smallest absolute Gasteiger partial charge is 0.240 e. The normalized spacial score (nSPS) is 33.3. The maximum Gasteiger partial charge on any atom is 0.240 e. The molecule has 4 nitrogen and oxygen atoms in total. The summed E-state index contributed by atoms with van der Waals surface area (Å²) < 4.78 is 5.25. The lowest BCUT2D eigenvalue weighted by molar-refractivity contribution is -0.139. The zero-order valence-corrected chi connectivity index (χ0v) is 9.61. The molecule has 2 atom stereocenters. The molecule has 1 amide bonds. The van der Waals surface area contributed by atoms with Crippen molar-refractivity contribution in [2.45, 2.75) is 19.4 Å². The van der Waals surface area contributed by atoms with Gasteiger partial charge in [0.15, 0.2) is 0 Å². The summed E-state index contributed by atoms with van der Waals surface area (Å²) >= 11 is 0. The van der Waals surface area contributed by atoms with E-state index < -0.39 is 0 Å². The first kappa shape index (κ1) is 10.9. The van der Waals surface area contributed by atoms with Gasteiger partial charge in [0.25, 0.3) is 0 Å². The van der Waals surface area contributed by atoms with E-state index in [0.717, 1.165) is 26.1 Å². The SMILES string of the molecule is CC1CC(C(=O)N2CCOCC2)N(C)C1. The summed E-state index contributed by atoms with van der Waals surface area (Å²) in [4.78, 5) is 16.3.